The van der Waals surface area contributed by atoms with Crippen LogP contribution in [0.1, 0.15) is 82.1 Å². The summed E-state index contributed by atoms with van der Waals surface area (Å²) in [7, 11) is 0. The molecule has 0 saturated carbocycles. The molecule has 22 heavy (non-hydrogen) atoms. The van der Waals surface area contributed by atoms with Gasteiger partial charge in [-0.1, -0.05) is 0 Å². The molecule has 0 aliphatic carbocycles. The Morgan fingerprint density at radius 1 is 0.409 bits per heavy atom. The van der Waals surface area contributed by atoms with E-state index < -0.39 is 0 Å². The quantitative estimate of drug-likeness (QED) is 0.647. The molecule has 2 rings (SSSR count). The summed E-state index contributed by atoms with van der Waals surface area (Å²) < 4.78 is 0. The van der Waals surface area contributed by atoms with Gasteiger partial charge in [-0.15, -0.1) is 0 Å². The molecular weight excluding hydrogens is 272 g/mol. The lowest BCUT2D eigenvalue weighted by Gasteiger charge is -2.34. The normalized spacial score (nSPS) is 33.0. The Hall–Kier alpha value is -0.160. The molecule has 0 aromatic heterocycles. The zero-order valence-electron chi connectivity index (χ0n) is 16.4. The standard InChI is InChI=1S/C18H38N4/c1-13(2)14(3,4)20-17(9,19-13)11-12-18(10)21-15(5,6)16(7,8)22-18/h19-22H,11-12H2,1-10H3. The third-order valence-electron chi connectivity index (χ3n) is 6.60. The van der Waals surface area contributed by atoms with Gasteiger partial charge in [0.1, 0.15) is 0 Å². The molecule has 4 N–H and O–H groups in total. The lowest BCUT2D eigenvalue weighted by atomic mass is 9.85. The van der Waals surface area contributed by atoms with E-state index in [2.05, 4.69) is 90.5 Å². The van der Waals surface area contributed by atoms with Gasteiger partial charge in [-0.3, -0.25) is 21.3 Å². The molecule has 2 aliphatic rings. The first-order valence-electron chi connectivity index (χ1n) is 8.71. The molecule has 4 nitrogen and oxygen atoms in total. The molecule has 0 amide bonds. The van der Waals surface area contributed by atoms with Crippen LogP contribution in [0.4, 0.5) is 0 Å². The van der Waals surface area contributed by atoms with Gasteiger partial charge in [0, 0.05) is 22.2 Å². The van der Waals surface area contributed by atoms with Crippen molar-refractivity contribution in [1.82, 2.24) is 21.3 Å². The molecule has 0 radical (unpaired) electrons. The molecule has 0 bridgehead atoms. The smallest absolute Gasteiger partial charge is 0.0668 e. The predicted molar refractivity (Wildman–Crippen MR) is 94.9 cm³/mol. The number of rotatable bonds is 3. The van der Waals surface area contributed by atoms with Crippen LogP contribution in [-0.4, -0.2) is 33.5 Å². The van der Waals surface area contributed by atoms with Crippen LogP contribution in [0.5, 0.6) is 0 Å². The fraction of sp³-hybridized carbons (Fsp3) is 1.00. The SMILES string of the molecule is CC1(CCC2(C)NC(C)(C)C(C)(C)N2)NC(C)(C)C(C)(C)N1. The van der Waals surface area contributed by atoms with Gasteiger partial charge in [0.25, 0.3) is 0 Å². The van der Waals surface area contributed by atoms with Gasteiger partial charge in [0.05, 0.1) is 11.3 Å². The zero-order chi connectivity index (χ0) is 17.2. The monoisotopic (exact) mass is 310 g/mol. The highest BCUT2D eigenvalue weighted by atomic mass is 15.4. The maximum absolute atomic E-state index is 3.81. The number of nitrogens with one attached hydrogen (secondary N) is 4. The molecule has 2 saturated heterocycles. The van der Waals surface area contributed by atoms with Crippen molar-refractivity contribution in [3.05, 3.63) is 0 Å². The summed E-state index contributed by atoms with van der Waals surface area (Å²) in [5.74, 6) is 0. The summed E-state index contributed by atoms with van der Waals surface area (Å²) in [4.78, 5) is 0. The summed E-state index contributed by atoms with van der Waals surface area (Å²) in [5, 5.41) is 15.3. The molecule has 0 aromatic rings. The summed E-state index contributed by atoms with van der Waals surface area (Å²) >= 11 is 0. The van der Waals surface area contributed by atoms with Crippen molar-refractivity contribution in [2.45, 2.75) is 116 Å². The molecular formula is C18H38N4. The lowest BCUT2D eigenvalue weighted by Crippen LogP contribution is -2.54. The topological polar surface area (TPSA) is 48.1 Å². The molecule has 0 unspecified atom stereocenters. The van der Waals surface area contributed by atoms with E-state index in [1.807, 2.05) is 0 Å². The molecule has 2 fully saturated rings. The van der Waals surface area contributed by atoms with E-state index in [9.17, 15) is 0 Å². The lowest BCUT2D eigenvalue weighted by molar-refractivity contribution is 0.229. The van der Waals surface area contributed by atoms with Crippen LogP contribution in [0, 0.1) is 0 Å². The van der Waals surface area contributed by atoms with Crippen molar-refractivity contribution >= 4 is 0 Å². The van der Waals surface area contributed by atoms with Crippen molar-refractivity contribution in [3.63, 3.8) is 0 Å². The largest absolute Gasteiger partial charge is 0.293 e. The maximum atomic E-state index is 3.81. The van der Waals surface area contributed by atoms with Gasteiger partial charge < -0.3 is 0 Å². The summed E-state index contributed by atoms with van der Waals surface area (Å²) in [5.41, 5.74) is 0.261. The number of hydrogen-bond acceptors (Lipinski definition) is 4. The van der Waals surface area contributed by atoms with Crippen LogP contribution >= 0.6 is 0 Å². The fourth-order valence-corrected chi connectivity index (χ4v) is 4.20. The van der Waals surface area contributed by atoms with Crippen LogP contribution in [0.3, 0.4) is 0 Å². The van der Waals surface area contributed by atoms with Gasteiger partial charge in [0.2, 0.25) is 0 Å². The van der Waals surface area contributed by atoms with E-state index in [0.717, 1.165) is 12.8 Å². The first-order chi connectivity index (χ1) is 9.54. The molecule has 0 spiro atoms. The second-order valence-electron chi connectivity index (χ2n) is 10.2. The molecule has 2 aliphatic heterocycles. The van der Waals surface area contributed by atoms with Crippen LogP contribution in [-0.2, 0) is 0 Å². The second kappa shape index (κ2) is 4.69. The van der Waals surface area contributed by atoms with E-state index in [1.165, 1.54) is 0 Å². The third kappa shape index (κ3) is 2.95. The Morgan fingerprint density at radius 3 is 0.773 bits per heavy atom. The van der Waals surface area contributed by atoms with Crippen LogP contribution in [0.25, 0.3) is 0 Å². The van der Waals surface area contributed by atoms with Crippen molar-refractivity contribution in [2.75, 3.05) is 0 Å². The first-order valence-corrected chi connectivity index (χ1v) is 8.71. The molecule has 130 valence electrons. The summed E-state index contributed by atoms with van der Waals surface area (Å²) in [6.07, 6.45) is 2.14. The van der Waals surface area contributed by atoms with E-state index >= 15 is 0 Å². The van der Waals surface area contributed by atoms with Crippen LogP contribution in [0.2, 0.25) is 0 Å². The minimum Gasteiger partial charge on any atom is -0.293 e. The highest BCUT2D eigenvalue weighted by Gasteiger charge is 2.54. The van der Waals surface area contributed by atoms with Gasteiger partial charge >= 0.3 is 0 Å². The Bertz CT molecular complexity index is 374. The predicted octanol–water partition coefficient (Wildman–Crippen LogP) is 2.70. The van der Waals surface area contributed by atoms with E-state index in [-0.39, 0.29) is 33.5 Å². The second-order valence-corrected chi connectivity index (χ2v) is 10.2. The van der Waals surface area contributed by atoms with Crippen molar-refractivity contribution in [1.29, 1.82) is 0 Å². The Labute approximate surface area is 137 Å². The Morgan fingerprint density at radius 2 is 0.591 bits per heavy atom. The Balaban J connectivity index is 2.06. The average molecular weight is 311 g/mol. The molecule has 0 aromatic carbocycles. The highest BCUT2D eigenvalue weighted by Crippen LogP contribution is 2.37. The van der Waals surface area contributed by atoms with Crippen molar-refractivity contribution < 1.29 is 0 Å². The fourth-order valence-electron chi connectivity index (χ4n) is 4.20. The molecule has 4 heteroatoms. The minimum atomic E-state index is -0.0315. The maximum Gasteiger partial charge on any atom is 0.0668 e. The number of hydrogen-bond donors (Lipinski definition) is 4. The van der Waals surface area contributed by atoms with Gasteiger partial charge in [-0.05, 0) is 82.1 Å². The van der Waals surface area contributed by atoms with Crippen LogP contribution in [0.15, 0.2) is 0 Å². The van der Waals surface area contributed by atoms with E-state index in [1.54, 1.807) is 0 Å². The molecule has 0 atom stereocenters. The van der Waals surface area contributed by atoms with E-state index in [0.29, 0.717) is 0 Å². The third-order valence-corrected chi connectivity index (χ3v) is 6.60. The minimum absolute atomic E-state index is 0.0315. The summed E-state index contributed by atoms with van der Waals surface area (Å²) in [6.45, 7) is 22.8. The van der Waals surface area contributed by atoms with Crippen molar-refractivity contribution in [2.24, 2.45) is 0 Å². The first kappa shape index (κ1) is 18.2. The highest BCUT2D eigenvalue weighted by molar-refractivity contribution is 5.15. The van der Waals surface area contributed by atoms with Crippen LogP contribution < -0.4 is 21.3 Å². The van der Waals surface area contributed by atoms with E-state index in [4.69, 9.17) is 0 Å². The summed E-state index contributed by atoms with van der Waals surface area (Å²) in [6, 6.07) is 0. The Kier molecular flexibility index (Phi) is 3.87. The molecule has 2 heterocycles. The van der Waals surface area contributed by atoms with Gasteiger partial charge in [-0.25, -0.2) is 0 Å². The zero-order valence-corrected chi connectivity index (χ0v) is 16.4. The average Bonchev–Trinajstić information content (AvgIpc) is 2.49. The van der Waals surface area contributed by atoms with Gasteiger partial charge in [0.15, 0.2) is 0 Å². The van der Waals surface area contributed by atoms with Crippen molar-refractivity contribution in [3.8, 4) is 0 Å². The van der Waals surface area contributed by atoms with Gasteiger partial charge in [-0.2, -0.15) is 0 Å².